The number of β-lactam (4-membered cyclic amide) rings is 1. The van der Waals surface area contributed by atoms with Crippen molar-refractivity contribution in [1.29, 1.82) is 0 Å². The molecule has 0 unspecified atom stereocenters. The van der Waals surface area contributed by atoms with Crippen molar-refractivity contribution in [2.75, 3.05) is 25.4 Å². The summed E-state index contributed by atoms with van der Waals surface area (Å²) in [5.41, 5.74) is 5.26. The van der Waals surface area contributed by atoms with Gasteiger partial charge in [0.2, 0.25) is 12.7 Å². The Morgan fingerprint density at radius 3 is 2.69 bits per heavy atom. The van der Waals surface area contributed by atoms with Crippen LogP contribution in [-0.4, -0.2) is 85.6 Å². The molecule has 17 heteroatoms. The zero-order valence-corrected chi connectivity index (χ0v) is 24.5. The summed E-state index contributed by atoms with van der Waals surface area (Å²) in [5, 5.41) is 15.8. The molecule has 42 heavy (non-hydrogen) atoms. The number of oxime groups is 1. The number of aromatic nitrogens is 3. The van der Waals surface area contributed by atoms with Crippen LogP contribution in [-0.2, 0) is 28.7 Å². The Kier molecular flexibility index (Phi) is 9.11. The maximum Gasteiger partial charge on any atom is 0.358 e. The lowest BCUT2D eigenvalue weighted by molar-refractivity contribution is -0.173. The Bertz CT molecular complexity index is 1500. The van der Waals surface area contributed by atoms with Crippen LogP contribution >= 0.6 is 23.1 Å². The van der Waals surface area contributed by atoms with Crippen molar-refractivity contribution >= 4 is 63.8 Å². The third-order valence-electron chi connectivity index (χ3n) is 5.91. The van der Waals surface area contributed by atoms with Crippen molar-refractivity contribution in [3.63, 3.8) is 0 Å². The Labute approximate surface area is 247 Å². The van der Waals surface area contributed by atoms with Crippen molar-refractivity contribution in [2.24, 2.45) is 10.6 Å². The maximum atomic E-state index is 13.3. The molecule has 1 saturated heterocycles. The summed E-state index contributed by atoms with van der Waals surface area (Å²) in [6, 6.07) is -1.05. The molecule has 0 saturated carbocycles. The first-order valence-electron chi connectivity index (χ1n) is 12.2. The highest BCUT2D eigenvalue weighted by Gasteiger charge is 2.54. The number of hydrogen-bond donors (Lipinski definition) is 3. The minimum atomic E-state index is -1.05. The number of methoxy groups -OCH3 is 1. The molecule has 4 N–H and O–H groups in total. The van der Waals surface area contributed by atoms with E-state index in [-0.39, 0.29) is 22.3 Å². The van der Waals surface area contributed by atoms with Crippen molar-refractivity contribution in [3.8, 4) is 5.88 Å². The average molecular weight is 618 g/mol. The van der Waals surface area contributed by atoms with Gasteiger partial charge >= 0.3 is 11.9 Å². The standard InChI is InChI=1S/C25H27N7O8S2/c1-25(2,3)23(36)40-11-39-22(35)17-13(6-5-12-7-27-10-28-19(12)38-4)8-41-21-16(20(34)32(17)21)30-18(33)15(31-37)14-9-42-24(26)29-14/h5-7,9-10,16,21,37H,8,11H2,1-4H3,(H2,26,29)(H,30,33)/b6-5-,31-15-/t16-,21+/m1/s1. The highest BCUT2D eigenvalue weighted by atomic mass is 32.2. The summed E-state index contributed by atoms with van der Waals surface area (Å²) in [5.74, 6) is -2.42. The van der Waals surface area contributed by atoms with Crippen LogP contribution in [0.5, 0.6) is 5.88 Å². The second-order valence-electron chi connectivity index (χ2n) is 9.81. The number of hydrogen-bond acceptors (Lipinski definition) is 15. The van der Waals surface area contributed by atoms with Gasteiger partial charge in [-0.3, -0.25) is 19.3 Å². The second kappa shape index (κ2) is 12.6. The molecule has 0 aromatic carbocycles. The lowest BCUT2D eigenvalue weighted by atomic mass is 9.98. The number of carbonyl (C=O) groups is 4. The van der Waals surface area contributed by atoms with Crippen molar-refractivity contribution < 1.29 is 38.6 Å². The van der Waals surface area contributed by atoms with Crippen LogP contribution < -0.4 is 15.8 Å². The normalized spacial score (nSPS) is 18.8. The van der Waals surface area contributed by atoms with Crippen LogP contribution in [0.3, 0.4) is 0 Å². The Morgan fingerprint density at radius 1 is 1.29 bits per heavy atom. The predicted molar refractivity (Wildman–Crippen MR) is 151 cm³/mol. The van der Waals surface area contributed by atoms with Gasteiger partial charge in [0.05, 0.1) is 18.1 Å². The summed E-state index contributed by atoms with van der Waals surface area (Å²) < 4.78 is 15.5. The fourth-order valence-corrected chi connectivity index (χ4v) is 5.67. The molecule has 0 bridgehead atoms. The fraction of sp³-hybridized carbons (Fsp3) is 0.360. The molecule has 2 aliphatic heterocycles. The van der Waals surface area contributed by atoms with E-state index >= 15 is 0 Å². The van der Waals surface area contributed by atoms with Crippen LogP contribution in [0.15, 0.2) is 40.4 Å². The molecule has 0 aliphatic carbocycles. The molecule has 222 valence electrons. The van der Waals surface area contributed by atoms with Crippen LogP contribution in [0.25, 0.3) is 6.08 Å². The van der Waals surface area contributed by atoms with E-state index in [2.05, 4.69) is 25.4 Å². The second-order valence-corrected chi connectivity index (χ2v) is 11.8. The third-order valence-corrected chi connectivity index (χ3v) is 7.89. The van der Waals surface area contributed by atoms with Gasteiger partial charge < -0.3 is 30.5 Å². The molecule has 2 aromatic heterocycles. The molecule has 4 heterocycles. The molecule has 2 aromatic rings. The van der Waals surface area contributed by atoms with Gasteiger partial charge in [0.1, 0.15) is 29.1 Å². The molecular formula is C25H27N7O8S2. The van der Waals surface area contributed by atoms with E-state index in [1.54, 1.807) is 32.9 Å². The quantitative estimate of drug-likeness (QED) is 0.0902. The van der Waals surface area contributed by atoms with Crippen molar-refractivity contribution in [2.45, 2.75) is 32.2 Å². The van der Waals surface area contributed by atoms with Gasteiger partial charge in [-0.15, -0.1) is 23.1 Å². The van der Waals surface area contributed by atoms with E-state index < -0.39 is 53.1 Å². The third kappa shape index (κ3) is 6.36. The topological polar surface area (TPSA) is 209 Å². The van der Waals surface area contributed by atoms with E-state index in [1.807, 2.05) is 0 Å². The number of thioether (sulfide) groups is 1. The first-order valence-corrected chi connectivity index (χ1v) is 14.2. The lowest BCUT2D eigenvalue weighted by Crippen LogP contribution is -2.71. The molecule has 2 atom stereocenters. The monoisotopic (exact) mass is 617 g/mol. The van der Waals surface area contributed by atoms with E-state index in [9.17, 15) is 24.4 Å². The largest absolute Gasteiger partial charge is 0.480 e. The van der Waals surface area contributed by atoms with E-state index in [1.165, 1.54) is 41.7 Å². The number of esters is 2. The number of thiazole rings is 1. The van der Waals surface area contributed by atoms with Crippen LogP contribution in [0.4, 0.5) is 5.13 Å². The minimum Gasteiger partial charge on any atom is -0.480 e. The van der Waals surface area contributed by atoms with Gasteiger partial charge in [0.25, 0.3) is 11.8 Å². The Morgan fingerprint density at radius 2 is 2.05 bits per heavy atom. The van der Waals surface area contributed by atoms with Gasteiger partial charge in [-0.05, 0) is 32.4 Å². The number of anilines is 1. The highest BCUT2D eigenvalue weighted by Crippen LogP contribution is 2.41. The fourth-order valence-electron chi connectivity index (χ4n) is 3.80. The van der Waals surface area contributed by atoms with Gasteiger partial charge in [-0.25, -0.2) is 19.7 Å². The van der Waals surface area contributed by atoms with Crippen LogP contribution in [0, 0.1) is 5.41 Å². The van der Waals surface area contributed by atoms with Gasteiger partial charge in [0, 0.05) is 17.3 Å². The first kappa shape index (κ1) is 30.4. The zero-order chi connectivity index (χ0) is 30.6. The van der Waals surface area contributed by atoms with E-state index in [0.29, 0.717) is 17.0 Å². The number of carbonyl (C=O) groups excluding carboxylic acids is 4. The number of ether oxygens (including phenoxy) is 3. The highest BCUT2D eigenvalue weighted by molar-refractivity contribution is 8.00. The smallest absolute Gasteiger partial charge is 0.358 e. The van der Waals surface area contributed by atoms with Crippen molar-refractivity contribution in [1.82, 2.24) is 25.2 Å². The molecule has 4 rings (SSSR count). The number of fused-ring (bicyclic) bond motifs is 1. The number of allylic oxidation sites excluding steroid dienone is 1. The summed E-state index contributed by atoms with van der Waals surface area (Å²) in [6.45, 7) is 4.28. The summed E-state index contributed by atoms with van der Waals surface area (Å²) in [4.78, 5) is 64.7. The molecular weight excluding hydrogens is 590 g/mol. The number of nitrogens with zero attached hydrogens (tertiary/aromatic N) is 5. The first-order chi connectivity index (χ1) is 20.0. The van der Waals surface area contributed by atoms with Crippen LogP contribution in [0.2, 0.25) is 0 Å². The van der Waals surface area contributed by atoms with E-state index in [0.717, 1.165) is 11.3 Å². The number of nitrogen functional groups attached to an aromatic ring is 1. The molecule has 15 nitrogen and oxygen atoms in total. The van der Waals surface area contributed by atoms with Gasteiger partial charge in [-0.1, -0.05) is 11.2 Å². The van der Waals surface area contributed by atoms with E-state index in [4.69, 9.17) is 19.9 Å². The van der Waals surface area contributed by atoms with Gasteiger partial charge in [-0.2, -0.15) is 0 Å². The Hall–Kier alpha value is -4.51. The molecule has 0 radical (unpaired) electrons. The summed E-state index contributed by atoms with van der Waals surface area (Å²) in [7, 11) is 1.45. The predicted octanol–water partition coefficient (Wildman–Crippen LogP) is 1.16. The van der Waals surface area contributed by atoms with Gasteiger partial charge in [0.15, 0.2) is 10.8 Å². The summed E-state index contributed by atoms with van der Waals surface area (Å²) >= 11 is 2.33. The Balaban J connectivity index is 1.57. The zero-order valence-electron chi connectivity index (χ0n) is 22.9. The average Bonchev–Trinajstić information content (AvgIpc) is 3.39. The van der Waals surface area contributed by atoms with Crippen molar-refractivity contribution in [3.05, 3.63) is 46.5 Å². The number of amides is 2. The number of rotatable bonds is 9. The molecule has 2 aliphatic rings. The minimum absolute atomic E-state index is 0.0409. The molecule has 2 amide bonds. The number of nitrogens with two attached hydrogens (primary N) is 1. The lowest BCUT2D eigenvalue weighted by Gasteiger charge is -2.49. The number of nitrogens with one attached hydrogen (secondary N) is 1. The summed E-state index contributed by atoms with van der Waals surface area (Å²) in [6.07, 6.45) is 6.06. The molecule has 1 fully saturated rings. The molecule has 0 spiro atoms. The van der Waals surface area contributed by atoms with Crippen LogP contribution in [0.1, 0.15) is 32.0 Å². The SMILES string of the molecule is COc1ncncc1/C=C\C1=C(C(=O)OCOC(=O)C(C)(C)C)N2C(=O)[C@@H](NC(=O)/C(=N\O)c3csc(N)n3)[C@@H]2SC1. The maximum absolute atomic E-state index is 13.3.